The Labute approximate surface area is 210 Å². The van der Waals surface area contributed by atoms with Crippen LogP contribution in [0.1, 0.15) is 87.0 Å². The second kappa shape index (κ2) is 7.97. The average Bonchev–Trinajstić information content (AvgIpc) is 3.22. The molecular weight excluding hydrogens is 459 g/mol. The maximum absolute atomic E-state index is 11.8. The standard InChI is InChI=1S/C28H47O4PSi/c1-25(2,3)34(8,9)32-21-11-10-18-22-19(13-15-28(18,21)7)27(6)14-12-17(33-29)16-20(27)23-24(22)31-26(4,5)30-23/h16,18-24H,10-15H2,1-9H3/t18?,19?,20?,21-,22?,23+,24+,27+,28-/m0/s1. The predicted molar refractivity (Wildman–Crippen MR) is 139 cm³/mol. The van der Waals surface area contributed by atoms with Gasteiger partial charge < -0.3 is 13.9 Å². The van der Waals surface area contributed by atoms with Gasteiger partial charge in [0.05, 0.1) is 18.3 Å². The second-order valence-corrected chi connectivity index (χ2v) is 20.1. The minimum Gasteiger partial charge on any atom is -0.413 e. The van der Waals surface area contributed by atoms with Crippen LogP contribution in [-0.4, -0.2) is 32.4 Å². The molecule has 1 aliphatic heterocycles. The monoisotopic (exact) mass is 506 g/mol. The Morgan fingerprint density at radius 2 is 1.62 bits per heavy atom. The first-order valence-electron chi connectivity index (χ1n) is 13.7. The van der Waals surface area contributed by atoms with Crippen molar-refractivity contribution in [1.29, 1.82) is 0 Å². The Morgan fingerprint density at radius 3 is 2.26 bits per heavy atom. The highest BCUT2D eigenvalue weighted by molar-refractivity contribution is 7.29. The van der Waals surface area contributed by atoms with Gasteiger partial charge in [-0.25, -0.2) is 0 Å². The first kappa shape index (κ1) is 25.6. The zero-order chi connectivity index (χ0) is 24.9. The summed E-state index contributed by atoms with van der Waals surface area (Å²) >= 11 is 0. The third-order valence-corrected chi connectivity index (χ3v) is 16.5. The van der Waals surface area contributed by atoms with Gasteiger partial charge in [0.25, 0.3) is 0 Å². The molecule has 4 fully saturated rings. The molecule has 0 bridgehead atoms. The van der Waals surface area contributed by atoms with E-state index >= 15 is 0 Å². The van der Waals surface area contributed by atoms with Crippen LogP contribution < -0.4 is 0 Å². The van der Waals surface area contributed by atoms with E-state index in [1.807, 2.05) is 0 Å². The van der Waals surface area contributed by atoms with Crippen molar-refractivity contribution < 1.29 is 18.5 Å². The van der Waals surface area contributed by atoms with E-state index in [9.17, 15) is 4.57 Å². The molecule has 0 spiro atoms. The van der Waals surface area contributed by atoms with Crippen LogP contribution in [0.5, 0.6) is 0 Å². The van der Waals surface area contributed by atoms with Crippen molar-refractivity contribution >= 4 is 16.8 Å². The number of ether oxygens (including phenoxy) is 2. The molecule has 0 aromatic heterocycles. The van der Waals surface area contributed by atoms with Crippen molar-refractivity contribution in [1.82, 2.24) is 0 Å². The molecule has 0 aromatic carbocycles. The summed E-state index contributed by atoms with van der Waals surface area (Å²) in [6, 6.07) is 0. The number of hydrogen-bond acceptors (Lipinski definition) is 4. The quantitative estimate of drug-likeness (QED) is 0.288. The Hall–Kier alpha value is -0.0631. The number of rotatable bonds is 3. The van der Waals surface area contributed by atoms with E-state index in [2.05, 4.69) is 67.6 Å². The summed E-state index contributed by atoms with van der Waals surface area (Å²) < 4.78 is 32.4. The smallest absolute Gasteiger partial charge is 0.192 e. The minimum atomic E-state index is -1.84. The van der Waals surface area contributed by atoms with Crippen LogP contribution in [0.25, 0.3) is 0 Å². The summed E-state index contributed by atoms with van der Waals surface area (Å²) in [4.78, 5) is 0. The molecule has 5 aliphatic rings. The van der Waals surface area contributed by atoms with E-state index in [-0.39, 0.29) is 42.5 Å². The third-order valence-electron chi connectivity index (χ3n) is 11.4. The Kier molecular flexibility index (Phi) is 5.99. The molecule has 192 valence electrons. The lowest BCUT2D eigenvalue weighted by molar-refractivity contribution is -0.170. The zero-order valence-corrected chi connectivity index (χ0v) is 24.8. The maximum atomic E-state index is 11.8. The predicted octanol–water partition coefficient (Wildman–Crippen LogP) is 7.94. The Balaban J connectivity index is 1.51. The van der Waals surface area contributed by atoms with Crippen LogP contribution in [-0.2, 0) is 18.5 Å². The second-order valence-electron chi connectivity index (χ2n) is 14.6. The van der Waals surface area contributed by atoms with Crippen molar-refractivity contribution in [2.24, 2.45) is 34.5 Å². The van der Waals surface area contributed by atoms with Crippen molar-refractivity contribution in [2.75, 3.05) is 0 Å². The Morgan fingerprint density at radius 1 is 0.971 bits per heavy atom. The molecule has 0 aromatic rings. The molecule has 9 atom stereocenters. The van der Waals surface area contributed by atoms with Crippen LogP contribution in [0.2, 0.25) is 18.1 Å². The van der Waals surface area contributed by atoms with Crippen LogP contribution in [0.3, 0.4) is 0 Å². The molecule has 6 heteroatoms. The van der Waals surface area contributed by atoms with Gasteiger partial charge in [0.1, 0.15) is 0 Å². The van der Waals surface area contributed by atoms with E-state index in [1.54, 1.807) is 0 Å². The molecule has 4 nitrogen and oxygen atoms in total. The lowest BCUT2D eigenvalue weighted by atomic mass is 9.44. The normalized spacial score (nSPS) is 48.0. The topological polar surface area (TPSA) is 44.8 Å². The maximum Gasteiger partial charge on any atom is 0.192 e. The molecule has 0 radical (unpaired) electrons. The van der Waals surface area contributed by atoms with E-state index in [1.165, 1.54) is 25.7 Å². The summed E-state index contributed by atoms with van der Waals surface area (Å²) in [5.41, 5.74) is 0.396. The first-order valence-corrected chi connectivity index (χ1v) is 17.4. The van der Waals surface area contributed by atoms with Crippen molar-refractivity contribution in [3.8, 4) is 0 Å². The van der Waals surface area contributed by atoms with Crippen LogP contribution >= 0.6 is 8.46 Å². The van der Waals surface area contributed by atoms with Gasteiger partial charge in [-0.05, 0) is 99.1 Å². The summed E-state index contributed by atoms with van der Waals surface area (Å²) in [6.45, 7) is 21.1. The third kappa shape index (κ3) is 3.70. The molecule has 0 amide bonds. The first-order chi connectivity index (χ1) is 15.6. The molecular formula is C28H47O4PSi. The van der Waals surface area contributed by atoms with Crippen LogP contribution in [0.4, 0.5) is 0 Å². The molecule has 3 saturated carbocycles. The minimum absolute atomic E-state index is 0.0565. The Bertz CT molecular complexity index is 878. The fraction of sp³-hybridized carbons (Fsp3) is 0.929. The van der Waals surface area contributed by atoms with Crippen LogP contribution in [0.15, 0.2) is 11.4 Å². The lowest BCUT2D eigenvalue weighted by Crippen LogP contribution is -2.62. The average molecular weight is 507 g/mol. The summed E-state index contributed by atoms with van der Waals surface area (Å²) in [6.07, 6.45) is 9.81. The molecule has 1 saturated heterocycles. The fourth-order valence-corrected chi connectivity index (χ4v) is 10.4. The van der Waals surface area contributed by atoms with E-state index < -0.39 is 14.1 Å². The van der Waals surface area contributed by atoms with Gasteiger partial charge in [-0.2, -0.15) is 0 Å². The fourth-order valence-electron chi connectivity index (χ4n) is 8.52. The highest BCUT2D eigenvalue weighted by Gasteiger charge is 2.68. The molecule has 34 heavy (non-hydrogen) atoms. The van der Waals surface area contributed by atoms with Gasteiger partial charge in [0.2, 0.25) is 0 Å². The van der Waals surface area contributed by atoms with Gasteiger partial charge in [-0.3, -0.25) is 4.57 Å². The highest BCUT2D eigenvalue weighted by atomic mass is 31.1. The van der Waals surface area contributed by atoms with Gasteiger partial charge >= 0.3 is 0 Å². The summed E-state index contributed by atoms with van der Waals surface area (Å²) in [5, 5.41) is 1.28. The van der Waals surface area contributed by atoms with Gasteiger partial charge in [-0.1, -0.05) is 40.7 Å². The van der Waals surface area contributed by atoms with Gasteiger partial charge in [0, 0.05) is 11.2 Å². The van der Waals surface area contributed by atoms with Crippen molar-refractivity contribution in [3.63, 3.8) is 0 Å². The SMILES string of the molecule is CC1(C)O[C@@H]2C3C(CC[C@@]4(C)C3CC[C@@H]4O[Si](C)(C)C(C)(C)C)[C@@]3(C)CCC(P=O)=CC3[C@H]2O1. The lowest BCUT2D eigenvalue weighted by Gasteiger charge is -2.62. The molecule has 5 rings (SSSR count). The summed E-state index contributed by atoms with van der Waals surface area (Å²) in [7, 11) is -1.66. The van der Waals surface area contributed by atoms with E-state index in [4.69, 9.17) is 13.9 Å². The highest BCUT2D eigenvalue weighted by Crippen LogP contribution is 2.69. The largest absolute Gasteiger partial charge is 0.413 e. The molecule has 0 N–H and O–H groups in total. The van der Waals surface area contributed by atoms with E-state index in [0.29, 0.717) is 23.9 Å². The van der Waals surface area contributed by atoms with Crippen molar-refractivity contribution in [3.05, 3.63) is 11.4 Å². The summed E-state index contributed by atoms with van der Waals surface area (Å²) in [5.74, 6) is 1.49. The number of fused-ring (bicyclic) bond motifs is 8. The van der Waals surface area contributed by atoms with Gasteiger partial charge in [0.15, 0.2) is 22.6 Å². The number of allylic oxidation sites excluding steroid dienone is 1. The van der Waals surface area contributed by atoms with Crippen LogP contribution in [0, 0.1) is 34.5 Å². The molecule has 4 unspecified atom stereocenters. The molecule has 4 aliphatic carbocycles. The van der Waals surface area contributed by atoms with Crippen molar-refractivity contribution in [2.45, 2.75) is 129 Å². The number of hydrogen-bond donors (Lipinski definition) is 0. The zero-order valence-electron chi connectivity index (χ0n) is 22.9. The van der Waals surface area contributed by atoms with Gasteiger partial charge in [-0.15, -0.1) is 0 Å². The van der Waals surface area contributed by atoms with E-state index in [0.717, 1.165) is 18.2 Å². The molecule has 1 heterocycles.